The summed E-state index contributed by atoms with van der Waals surface area (Å²) in [5.74, 6) is -1.22. The number of hydrogen-bond acceptors (Lipinski definition) is 4. The molecule has 2 amide bonds. The predicted molar refractivity (Wildman–Crippen MR) is 110 cm³/mol. The second-order valence-electron chi connectivity index (χ2n) is 6.83. The summed E-state index contributed by atoms with van der Waals surface area (Å²) in [7, 11) is 0. The van der Waals surface area contributed by atoms with Gasteiger partial charge in [0.2, 0.25) is 0 Å². The molecule has 154 valence electrons. The smallest absolute Gasteiger partial charge is 0.262 e. The third kappa shape index (κ3) is 6.71. The molecule has 2 aromatic carbocycles. The Morgan fingerprint density at radius 1 is 1.14 bits per heavy atom. The first-order valence-electron chi connectivity index (χ1n) is 9.53. The van der Waals surface area contributed by atoms with E-state index in [4.69, 9.17) is 4.74 Å². The summed E-state index contributed by atoms with van der Waals surface area (Å²) in [5.41, 5.74) is 3.10. The van der Waals surface area contributed by atoms with Gasteiger partial charge in [-0.3, -0.25) is 9.59 Å². The Balaban J connectivity index is 1.96. The van der Waals surface area contributed by atoms with E-state index in [2.05, 4.69) is 15.8 Å². The number of nitrogens with one attached hydrogen (secondary N) is 2. The molecule has 0 aliphatic rings. The summed E-state index contributed by atoms with van der Waals surface area (Å²) in [5, 5.41) is 6.51. The van der Waals surface area contributed by atoms with E-state index >= 15 is 0 Å². The summed E-state index contributed by atoms with van der Waals surface area (Å²) in [6.45, 7) is 6.25. The Bertz CT molecular complexity index is 851. The van der Waals surface area contributed by atoms with Crippen molar-refractivity contribution in [3.63, 3.8) is 0 Å². The minimum atomic E-state index is -0.857. The van der Waals surface area contributed by atoms with Crippen molar-refractivity contribution in [3.8, 4) is 5.75 Å². The molecular formula is C22H26FN3O3. The molecule has 7 heteroatoms. The molecule has 0 aliphatic heterocycles. The Hall–Kier alpha value is -3.22. The van der Waals surface area contributed by atoms with Crippen molar-refractivity contribution >= 4 is 18.0 Å². The molecule has 6 nitrogen and oxygen atoms in total. The summed E-state index contributed by atoms with van der Waals surface area (Å²) in [6, 6.07) is 12.1. The molecule has 0 saturated carbocycles. The fourth-order valence-electron chi connectivity index (χ4n) is 2.51. The molecule has 2 rings (SSSR count). The van der Waals surface area contributed by atoms with Crippen LogP contribution in [0.2, 0.25) is 0 Å². The fraction of sp³-hybridized carbons (Fsp3) is 0.318. The molecule has 0 aliphatic carbocycles. The molecule has 0 aromatic heterocycles. The zero-order chi connectivity index (χ0) is 21.2. The van der Waals surface area contributed by atoms with E-state index in [0.717, 1.165) is 17.7 Å². The highest BCUT2D eigenvalue weighted by atomic mass is 19.1. The van der Waals surface area contributed by atoms with E-state index in [1.54, 1.807) is 19.9 Å². The monoisotopic (exact) mass is 399 g/mol. The number of nitrogens with zero attached hydrogens (tertiary/aromatic N) is 1. The highest BCUT2D eigenvalue weighted by molar-refractivity contribution is 5.98. The van der Waals surface area contributed by atoms with Crippen molar-refractivity contribution in [2.45, 2.75) is 33.2 Å². The second kappa shape index (κ2) is 10.9. The van der Waals surface area contributed by atoms with Gasteiger partial charge in [-0.1, -0.05) is 32.9 Å². The molecule has 29 heavy (non-hydrogen) atoms. The van der Waals surface area contributed by atoms with Crippen molar-refractivity contribution in [1.82, 2.24) is 10.7 Å². The van der Waals surface area contributed by atoms with Gasteiger partial charge >= 0.3 is 0 Å². The Morgan fingerprint density at radius 2 is 1.83 bits per heavy atom. The van der Waals surface area contributed by atoms with Gasteiger partial charge in [-0.25, -0.2) is 9.82 Å². The first-order chi connectivity index (χ1) is 13.9. The lowest BCUT2D eigenvalue weighted by atomic mass is 10.0. The van der Waals surface area contributed by atoms with Gasteiger partial charge in [-0.2, -0.15) is 5.10 Å². The van der Waals surface area contributed by atoms with Crippen LogP contribution in [-0.4, -0.2) is 30.7 Å². The highest BCUT2D eigenvalue weighted by Crippen LogP contribution is 2.11. The molecule has 2 aromatic rings. The first kappa shape index (κ1) is 22.1. The molecule has 0 saturated heterocycles. The fourth-order valence-corrected chi connectivity index (χ4v) is 2.51. The predicted octanol–water partition coefficient (Wildman–Crippen LogP) is 3.52. The maximum absolute atomic E-state index is 13.8. The van der Waals surface area contributed by atoms with Crippen molar-refractivity contribution in [2.24, 2.45) is 11.0 Å². The Kier molecular flexibility index (Phi) is 8.33. The third-order valence-corrected chi connectivity index (χ3v) is 4.10. The molecule has 0 bridgehead atoms. The quantitative estimate of drug-likeness (QED) is 0.500. The van der Waals surface area contributed by atoms with Crippen LogP contribution in [0.3, 0.4) is 0 Å². The van der Waals surface area contributed by atoms with Crippen molar-refractivity contribution in [2.75, 3.05) is 6.61 Å². The molecular weight excluding hydrogens is 373 g/mol. The molecule has 0 spiro atoms. The maximum Gasteiger partial charge on any atom is 0.262 e. The minimum absolute atomic E-state index is 0.111. The summed E-state index contributed by atoms with van der Waals surface area (Å²) in [4.78, 5) is 24.8. The van der Waals surface area contributed by atoms with Gasteiger partial charge in [0.15, 0.2) is 0 Å². The van der Waals surface area contributed by atoms with E-state index in [0.29, 0.717) is 6.61 Å². The third-order valence-electron chi connectivity index (χ3n) is 4.10. The SMILES string of the molecule is CCCOc1ccc(C=NNC(=O)C(NC(=O)c2ccccc2F)C(C)C)cc1. The van der Waals surface area contributed by atoms with Crippen LogP contribution >= 0.6 is 0 Å². The number of hydrazone groups is 1. The lowest BCUT2D eigenvalue weighted by molar-refractivity contribution is -0.123. The van der Waals surface area contributed by atoms with Crippen molar-refractivity contribution in [3.05, 3.63) is 65.5 Å². The van der Waals surface area contributed by atoms with Crippen molar-refractivity contribution < 1.29 is 18.7 Å². The number of ether oxygens (including phenoxy) is 1. The molecule has 0 radical (unpaired) electrons. The maximum atomic E-state index is 13.8. The van der Waals surface area contributed by atoms with Crippen LogP contribution in [0.15, 0.2) is 53.6 Å². The standard InChI is InChI=1S/C22H26FN3O3/c1-4-13-29-17-11-9-16(10-12-17)14-24-26-22(28)20(15(2)3)25-21(27)18-7-5-6-8-19(18)23/h5-12,14-15,20H,4,13H2,1-3H3,(H,25,27)(H,26,28). The van der Waals surface area contributed by atoms with Crippen LogP contribution in [0.1, 0.15) is 43.1 Å². The van der Waals surface area contributed by atoms with Crippen LogP contribution in [-0.2, 0) is 4.79 Å². The van der Waals surface area contributed by atoms with Gasteiger partial charge in [-0.15, -0.1) is 0 Å². The zero-order valence-corrected chi connectivity index (χ0v) is 16.8. The highest BCUT2D eigenvalue weighted by Gasteiger charge is 2.25. The van der Waals surface area contributed by atoms with Crippen LogP contribution in [0, 0.1) is 11.7 Å². The second-order valence-corrected chi connectivity index (χ2v) is 6.83. The molecule has 2 N–H and O–H groups in total. The number of amides is 2. The number of benzene rings is 2. The van der Waals surface area contributed by atoms with E-state index in [1.807, 2.05) is 31.2 Å². The van der Waals surface area contributed by atoms with Crippen LogP contribution in [0.4, 0.5) is 4.39 Å². The van der Waals surface area contributed by atoms with Crippen molar-refractivity contribution in [1.29, 1.82) is 0 Å². The van der Waals surface area contributed by atoms with Gasteiger partial charge in [0, 0.05) is 0 Å². The number of carbonyl (C=O) groups is 2. The van der Waals surface area contributed by atoms with Crippen LogP contribution in [0.25, 0.3) is 0 Å². The van der Waals surface area contributed by atoms with Gasteiger partial charge < -0.3 is 10.1 Å². The number of hydrogen-bond donors (Lipinski definition) is 2. The molecule has 1 atom stereocenters. The summed E-state index contributed by atoms with van der Waals surface area (Å²) >= 11 is 0. The lowest BCUT2D eigenvalue weighted by Gasteiger charge is -2.20. The largest absolute Gasteiger partial charge is 0.494 e. The molecule has 0 heterocycles. The number of halogens is 1. The van der Waals surface area contributed by atoms with E-state index < -0.39 is 23.7 Å². The van der Waals surface area contributed by atoms with Gasteiger partial charge in [0.05, 0.1) is 18.4 Å². The average Bonchev–Trinajstić information content (AvgIpc) is 2.71. The van der Waals surface area contributed by atoms with Gasteiger partial charge in [0.1, 0.15) is 17.6 Å². The average molecular weight is 399 g/mol. The van der Waals surface area contributed by atoms with E-state index in [9.17, 15) is 14.0 Å². The molecule has 1 unspecified atom stereocenters. The zero-order valence-electron chi connectivity index (χ0n) is 16.8. The van der Waals surface area contributed by atoms with E-state index in [1.165, 1.54) is 24.4 Å². The van der Waals surface area contributed by atoms with Gasteiger partial charge in [-0.05, 0) is 54.3 Å². The first-order valence-corrected chi connectivity index (χ1v) is 9.53. The normalized spacial score (nSPS) is 12.0. The Labute approximate surface area is 170 Å². The number of carbonyl (C=O) groups excluding carboxylic acids is 2. The van der Waals surface area contributed by atoms with Crippen LogP contribution in [0.5, 0.6) is 5.75 Å². The number of rotatable bonds is 9. The van der Waals surface area contributed by atoms with Gasteiger partial charge in [0.25, 0.3) is 11.8 Å². The molecule has 0 fully saturated rings. The summed E-state index contributed by atoms with van der Waals surface area (Å²) in [6.07, 6.45) is 2.43. The minimum Gasteiger partial charge on any atom is -0.494 e. The summed E-state index contributed by atoms with van der Waals surface area (Å²) < 4.78 is 19.3. The Morgan fingerprint density at radius 3 is 2.45 bits per heavy atom. The lowest BCUT2D eigenvalue weighted by Crippen LogP contribution is -2.48. The van der Waals surface area contributed by atoms with Crippen LogP contribution < -0.4 is 15.5 Å². The van der Waals surface area contributed by atoms with E-state index in [-0.39, 0.29) is 11.5 Å². The topological polar surface area (TPSA) is 79.8 Å².